The molecule has 1 atom stereocenters. The normalized spacial score (nSPS) is 14.2. The van der Waals surface area contributed by atoms with Crippen LogP contribution in [0.1, 0.15) is 92.8 Å². The van der Waals surface area contributed by atoms with E-state index in [1.807, 2.05) is 73.1 Å². The summed E-state index contributed by atoms with van der Waals surface area (Å²) in [6, 6.07) is 20.1. The van der Waals surface area contributed by atoms with Crippen LogP contribution in [0, 0.1) is 5.92 Å². The van der Waals surface area contributed by atoms with E-state index in [1.165, 1.54) is 37.0 Å². The number of ketones is 1. The molecule has 5 rings (SSSR count). The van der Waals surface area contributed by atoms with Crippen molar-refractivity contribution in [3.8, 4) is 28.3 Å². The van der Waals surface area contributed by atoms with Gasteiger partial charge in [0.05, 0.1) is 24.7 Å². The minimum absolute atomic E-state index is 0.0130. The number of unbranched alkanes of at least 4 members (excludes halogenated alkanes) is 4. The van der Waals surface area contributed by atoms with Gasteiger partial charge >= 0.3 is 0 Å². The SMILES string of the molecule is CCCCCCCOc1ccc(-c2cnc(-c3ccc(C[C@H](CC(=O)c4ccc(C(C)(C)C)s4)C(=O)NCCCN4CCOCC4)cc3)nc2)cc1. The summed E-state index contributed by atoms with van der Waals surface area (Å²) < 4.78 is 11.4. The van der Waals surface area contributed by atoms with E-state index in [1.54, 1.807) is 0 Å². The van der Waals surface area contributed by atoms with Crippen molar-refractivity contribution in [2.75, 3.05) is 46.0 Å². The molecule has 0 bridgehead atoms. The molecule has 1 fully saturated rings. The van der Waals surface area contributed by atoms with Crippen molar-refractivity contribution in [3.05, 3.63) is 88.4 Å². The summed E-state index contributed by atoms with van der Waals surface area (Å²) in [6.07, 6.45) is 11.3. The van der Waals surface area contributed by atoms with Gasteiger partial charge in [0.25, 0.3) is 0 Å². The Hall–Kier alpha value is -3.92. The molecule has 3 heterocycles. The van der Waals surface area contributed by atoms with Crippen molar-refractivity contribution in [1.82, 2.24) is 20.2 Å². The smallest absolute Gasteiger partial charge is 0.223 e. The van der Waals surface area contributed by atoms with Crippen LogP contribution < -0.4 is 10.1 Å². The highest BCUT2D eigenvalue weighted by molar-refractivity contribution is 7.14. The summed E-state index contributed by atoms with van der Waals surface area (Å²) in [7, 11) is 0. The Labute approximate surface area is 314 Å². The van der Waals surface area contributed by atoms with E-state index in [2.05, 4.69) is 47.9 Å². The Morgan fingerprint density at radius 2 is 1.56 bits per heavy atom. The molecule has 1 amide bonds. The minimum Gasteiger partial charge on any atom is -0.494 e. The Bertz CT molecular complexity index is 1670. The van der Waals surface area contributed by atoms with Gasteiger partial charge in [-0.25, -0.2) is 9.97 Å². The molecule has 1 aliphatic heterocycles. The molecule has 0 radical (unpaired) electrons. The highest BCUT2D eigenvalue weighted by Gasteiger charge is 2.25. The summed E-state index contributed by atoms with van der Waals surface area (Å²) in [6.45, 7) is 14.3. The Morgan fingerprint density at radius 1 is 0.865 bits per heavy atom. The van der Waals surface area contributed by atoms with Crippen molar-refractivity contribution in [3.63, 3.8) is 0 Å². The van der Waals surface area contributed by atoms with Gasteiger partial charge in [0.1, 0.15) is 5.75 Å². The highest BCUT2D eigenvalue weighted by atomic mass is 32.1. The molecular formula is C43H56N4O4S. The second kappa shape index (κ2) is 19.8. The second-order valence-electron chi connectivity index (χ2n) is 14.8. The number of nitrogens with zero attached hydrogens (tertiary/aromatic N) is 3. The Morgan fingerprint density at radius 3 is 2.23 bits per heavy atom. The van der Waals surface area contributed by atoms with Crippen LogP contribution in [0.2, 0.25) is 0 Å². The van der Waals surface area contributed by atoms with Crippen molar-refractivity contribution in [2.45, 2.75) is 84.5 Å². The van der Waals surface area contributed by atoms with Crippen LogP contribution in [0.4, 0.5) is 0 Å². The Balaban J connectivity index is 1.18. The third kappa shape index (κ3) is 12.1. The summed E-state index contributed by atoms with van der Waals surface area (Å²) in [5.74, 6) is 0.980. The summed E-state index contributed by atoms with van der Waals surface area (Å²) in [5.41, 5.74) is 3.84. The maximum absolute atomic E-state index is 13.6. The number of ether oxygens (including phenoxy) is 2. The lowest BCUT2D eigenvalue weighted by atomic mass is 9.92. The standard InChI is InChI=1S/C43H56N4O4S/c1-5-6-7-8-9-25-51-37-17-15-33(16-18-37)36-30-45-41(46-31-36)34-13-11-32(12-14-34)28-35(29-38(48)39-19-20-40(52-39)43(2,3)4)42(49)44-21-10-22-47-23-26-50-27-24-47/h11-20,30-31,35H,5-10,21-29H2,1-4H3,(H,44,49)/t35-/m1/s1. The zero-order valence-electron chi connectivity index (χ0n) is 31.5. The largest absolute Gasteiger partial charge is 0.494 e. The van der Waals surface area contributed by atoms with Crippen LogP contribution in [-0.4, -0.2) is 72.6 Å². The highest BCUT2D eigenvalue weighted by Crippen LogP contribution is 2.31. The second-order valence-corrected chi connectivity index (χ2v) is 15.9. The number of aromatic nitrogens is 2. The van der Waals surface area contributed by atoms with Gasteiger partial charge in [-0.3, -0.25) is 14.5 Å². The molecule has 1 aliphatic rings. The first-order chi connectivity index (χ1) is 25.2. The van der Waals surface area contributed by atoms with Gasteiger partial charge in [-0.05, 0) is 66.6 Å². The molecule has 4 aromatic rings. The van der Waals surface area contributed by atoms with Crippen LogP contribution >= 0.6 is 11.3 Å². The monoisotopic (exact) mass is 724 g/mol. The molecule has 0 spiro atoms. The number of morpholine rings is 1. The van der Waals surface area contributed by atoms with Crippen molar-refractivity contribution < 1.29 is 19.1 Å². The van der Waals surface area contributed by atoms with Crippen LogP contribution in [0.25, 0.3) is 22.5 Å². The van der Waals surface area contributed by atoms with E-state index in [0.29, 0.717) is 23.7 Å². The molecular weight excluding hydrogens is 669 g/mol. The van der Waals surface area contributed by atoms with E-state index < -0.39 is 5.92 Å². The molecule has 52 heavy (non-hydrogen) atoms. The third-order valence-electron chi connectivity index (χ3n) is 9.53. The van der Waals surface area contributed by atoms with Crippen molar-refractivity contribution in [2.24, 2.45) is 5.92 Å². The van der Waals surface area contributed by atoms with Gasteiger partial charge in [0.15, 0.2) is 11.6 Å². The molecule has 2 aromatic carbocycles. The van der Waals surface area contributed by atoms with Gasteiger partial charge in [0.2, 0.25) is 5.91 Å². The van der Waals surface area contributed by atoms with Crippen LogP contribution in [0.15, 0.2) is 73.1 Å². The van der Waals surface area contributed by atoms with E-state index in [4.69, 9.17) is 9.47 Å². The minimum atomic E-state index is -0.472. The number of hydrogen-bond acceptors (Lipinski definition) is 8. The first-order valence-corrected chi connectivity index (χ1v) is 19.9. The molecule has 0 saturated carbocycles. The lowest BCUT2D eigenvalue weighted by Crippen LogP contribution is -2.39. The van der Waals surface area contributed by atoms with E-state index in [0.717, 1.165) is 85.2 Å². The van der Waals surface area contributed by atoms with Crippen molar-refractivity contribution >= 4 is 23.0 Å². The summed E-state index contributed by atoms with van der Waals surface area (Å²) >= 11 is 1.53. The van der Waals surface area contributed by atoms with E-state index in [-0.39, 0.29) is 23.5 Å². The first kappa shape index (κ1) is 39.3. The number of hydrogen-bond donors (Lipinski definition) is 1. The van der Waals surface area contributed by atoms with Crippen LogP contribution in [-0.2, 0) is 21.4 Å². The lowest BCUT2D eigenvalue weighted by molar-refractivity contribution is -0.125. The fourth-order valence-corrected chi connectivity index (χ4v) is 7.31. The topological polar surface area (TPSA) is 93.6 Å². The van der Waals surface area contributed by atoms with Gasteiger partial charge in [0, 0.05) is 60.4 Å². The van der Waals surface area contributed by atoms with Crippen LogP contribution in [0.3, 0.4) is 0 Å². The summed E-state index contributed by atoms with van der Waals surface area (Å²) in [4.78, 5) is 40.6. The number of nitrogens with one attached hydrogen (secondary N) is 1. The molecule has 1 N–H and O–H groups in total. The number of carbonyl (C=O) groups is 2. The number of amides is 1. The van der Waals surface area contributed by atoms with E-state index >= 15 is 0 Å². The number of rotatable bonds is 19. The first-order valence-electron chi connectivity index (χ1n) is 19.1. The molecule has 1 saturated heterocycles. The molecule has 2 aromatic heterocycles. The van der Waals surface area contributed by atoms with Gasteiger partial charge in [-0.2, -0.15) is 0 Å². The third-order valence-corrected chi connectivity index (χ3v) is 11.1. The van der Waals surface area contributed by atoms with Crippen LogP contribution in [0.5, 0.6) is 5.75 Å². The fraction of sp³-hybridized carbons (Fsp3) is 0.488. The molecule has 278 valence electrons. The zero-order valence-corrected chi connectivity index (χ0v) is 32.3. The average Bonchev–Trinajstić information content (AvgIpc) is 3.68. The number of Topliss-reactive ketones (excluding diaryl/α,β-unsaturated/α-hetero) is 1. The summed E-state index contributed by atoms with van der Waals surface area (Å²) in [5, 5.41) is 3.13. The van der Waals surface area contributed by atoms with E-state index in [9.17, 15) is 9.59 Å². The maximum atomic E-state index is 13.6. The lowest BCUT2D eigenvalue weighted by Gasteiger charge is -2.26. The van der Waals surface area contributed by atoms with Gasteiger partial charge < -0.3 is 14.8 Å². The number of benzene rings is 2. The van der Waals surface area contributed by atoms with Crippen molar-refractivity contribution in [1.29, 1.82) is 0 Å². The maximum Gasteiger partial charge on any atom is 0.223 e. The zero-order chi connectivity index (χ0) is 36.8. The molecule has 0 aliphatic carbocycles. The molecule has 0 unspecified atom stereocenters. The van der Waals surface area contributed by atoms with Gasteiger partial charge in [-0.15, -0.1) is 11.3 Å². The fourth-order valence-electron chi connectivity index (χ4n) is 6.30. The average molecular weight is 725 g/mol. The quantitative estimate of drug-likeness (QED) is 0.0764. The number of carbonyl (C=O) groups excluding carboxylic acids is 2. The van der Waals surface area contributed by atoms with Gasteiger partial charge in [-0.1, -0.05) is 89.8 Å². The predicted octanol–water partition coefficient (Wildman–Crippen LogP) is 8.79. The number of thiophene rings is 1. The molecule has 9 heteroatoms. The molecule has 8 nitrogen and oxygen atoms in total. The predicted molar refractivity (Wildman–Crippen MR) is 211 cm³/mol. The Kier molecular flexibility index (Phi) is 15.0.